The number of aromatic nitrogens is 10. The lowest BCUT2D eigenvalue weighted by molar-refractivity contribution is 0.624. The lowest BCUT2D eigenvalue weighted by Gasteiger charge is -2.22. The molecule has 26 rings (SSSR count). The third-order valence-electron chi connectivity index (χ3n) is 27.2. The van der Waals surface area contributed by atoms with Crippen LogP contribution in [0.15, 0.2) is 413 Å². The van der Waals surface area contributed by atoms with E-state index in [9.17, 15) is 14.9 Å². The molecule has 6 heterocycles. The maximum Gasteiger partial charge on any atom is 0.164 e. The zero-order valence-electron chi connectivity index (χ0n) is 74.1. The number of nitrogens with one attached hydrogen (secondary N) is 1. The monoisotopic (exact) mass is 1730 g/mol. The van der Waals surface area contributed by atoms with Gasteiger partial charge in [0.1, 0.15) is 18.0 Å². The fourth-order valence-electron chi connectivity index (χ4n) is 20.6. The maximum absolute atomic E-state index is 13.9. The average molecular weight is 1730 g/mol. The van der Waals surface area contributed by atoms with Crippen LogP contribution in [-0.2, 0) is 10.8 Å². The molecular weight excluding hydrogens is 1650 g/mol. The highest BCUT2D eigenvalue weighted by molar-refractivity contribution is 6.27. The van der Waals surface area contributed by atoms with Crippen LogP contribution in [0.1, 0.15) is 61.1 Å². The van der Waals surface area contributed by atoms with E-state index in [1.807, 2.05) is 140 Å². The van der Waals surface area contributed by atoms with Crippen LogP contribution in [0.2, 0.25) is 0 Å². The van der Waals surface area contributed by atoms with Crippen molar-refractivity contribution in [2.45, 2.75) is 38.5 Å². The second-order valence-corrected chi connectivity index (χ2v) is 35.6. The van der Waals surface area contributed by atoms with Crippen LogP contribution < -0.4 is 0 Å². The minimum atomic E-state index is -0.574. The number of nitriles is 2. The Balaban J connectivity index is 0.000000123. The highest BCUT2D eigenvalue weighted by atomic mass is 19.1. The van der Waals surface area contributed by atoms with Gasteiger partial charge in [-0.05, 0) is 164 Å². The van der Waals surface area contributed by atoms with E-state index >= 15 is 0 Å². The summed E-state index contributed by atoms with van der Waals surface area (Å²) in [5, 5.41) is 30.0. The van der Waals surface area contributed by atoms with Gasteiger partial charge < -0.3 is 18.7 Å². The zero-order chi connectivity index (χ0) is 90.7. The molecule has 18 aromatic carbocycles. The van der Waals surface area contributed by atoms with Gasteiger partial charge in [-0.3, -0.25) is 0 Å². The summed E-state index contributed by atoms with van der Waals surface area (Å²) >= 11 is 0. The number of hydrogen-bond acceptors (Lipinski definition) is 8. The molecule has 0 radical (unpaired) electrons. The number of halogens is 1. The molecule has 0 aliphatic heterocycles. The average Bonchev–Trinajstić information content (AvgIpc) is 1.55. The van der Waals surface area contributed by atoms with E-state index in [0.717, 1.165) is 105 Å². The minimum absolute atomic E-state index is 0.0227. The zero-order valence-corrected chi connectivity index (χ0v) is 74.1. The van der Waals surface area contributed by atoms with Crippen molar-refractivity contribution < 1.29 is 4.39 Å². The molecule has 2 aliphatic rings. The van der Waals surface area contributed by atoms with Crippen molar-refractivity contribution >= 4 is 87.2 Å². The van der Waals surface area contributed by atoms with E-state index in [4.69, 9.17) is 19.9 Å². The van der Waals surface area contributed by atoms with Crippen molar-refractivity contribution in [3.05, 3.63) is 452 Å². The van der Waals surface area contributed by atoms with E-state index in [1.54, 1.807) is 6.07 Å². The standard InChI is InChI=1S/C61H40N6.C33H24N2.C28H17FN4/c1-61(2)50-22-12-9-19-45(50)46-31-30-44(36-51(46)61)66-54-24-14-11-21-49(54)56-55(66)34-32-48-47-20-10-13-23-53(47)67(57(48)56)52-33-29-42(35-43(52)37-62)60-64-58(40-17-7-4-8-18-40)63-59(65-60)41-27-25-39(26-28-41)38-15-5-3-6-16-38;1-33(2)26-12-6-3-9-21(26)22-16-15-20(19-27(22)33)35-29-14-8-5-11-25(29)31-30(35)18-17-24-23-10-4-7-13-28(23)34-32(24)31;29-25-16-15-23(17-24(25)18-30)28-32-26(21-9-5-2-6-10-21)31-27(33-28)22-13-11-20(12-14-22)19-7-3-1-4-8-19/h3-36H,1-2H3;3-19,34H,1-2H3;1-17H. The highest BCUT2D eigenvalue weighted by Crippen LogP contribution is 2.53. The van der Waals surface area contributed by atoms with Crippen molar-refractivity contribution in [3.8, 4) is 142 Å². The largest absolute Gasteiger partial charge is 0.354 e. The molecule has 0 saturated heterocycles. The van der Waals surface area contributed by atoms with E-state index < -0.39 is 5.82 Å². The van der Waals surface area contributed by atoms with Gasteiger partial charge in [0.2, 0.25) is 0 Å². The molecule has 636 valence electrons. The Kier molecular flexibility index (Phi) is 19.3. The molecule has 0 atom stereocenters. The van der Waals surface area contributed by atoms with Gasteiger partial charge in [0, 0.05) is 104 Å². The molecule has 0 fully saturated rings. The SMILES string of the molecule is CC1(C)c2ccccc2-c2ccc(-n3c4ccccc4c4c3ccc3c5ccccc5n(-c5ccc(-c6nc(-c7ccccc7)nc(-c7ccc(-c8ccccc8)cc7)n6)cc5C#N)c34)cc21.CC1(C)c2ccccc2-c2ccc(-n3c4ccccc4c4c5[nH]c6ccccc6c5ccc43)cc21.N#Cc1cc(-c2nc(-c3ccccc3)nc(-c3ccc(-c4ccccc4)cc3)n2)ccc1F. The normalized spacial score (nSPS) is 12.6. The first-order chi connectivity index (χ1) is 66.3. The third-order valence-corrected chi connectivity index (χ3v) is 27.2. The Morgan fingerprint density at radius 2 is 0.607 bits per heavy atom. The van der Waals surface area contributed by atoms with Crippen molar-refractivity contribution in [2.24, 2.45) is 0 Å². The first-order valence-corrected chi connectivity index (χ1v) is 45.4. The Hall–Kier alpha value is -17.9. The van der Waals surface area contributed by atoms with Crippen LogP contribution in [0.5, 0.6) is 0 Å². The summed E-state index contributed by atoms with van der Waals surface area (Å²) in [7, 11) is 0. The van der Waals surface area contributed by atoms with Gasteiger partial charge in [0.15, 0.2) is 34.9 Å². The van der Waals surface area contributed by atoms with E-state index in [1.165, 1.54) is 106 Å². The van der Waals surface area contributed by atoms with Gasteiger partial charge in [-0.15, -0.1) is 0 Å². The fraction of sp³-hybridized carbons (Fsp3) is 0.0492. The fourth-order valence-corrected chi connectivity index (χ4v) is 20.6. The summed E-state index contributed by atoms with van der Waals surface area (Å²) in [6, 6.07) is 146. The van der Waals surface area contributed by atoms with Crippen LogP contribution >= 0.6 is 0 Å². The Morgan fingerprint density at radius 3 is 1.10 bits per heavy atom. The summed E-state index contributed by atoms with van der Waals surface area (Å²) in [5.41, 5.74) is 32.6. The first kappa shape index (κ1) is 80.4. The minimum Gasteiger partial charge on any atom is -0.354 e. The van der Waals surface area contributed by atoms with Gasteiger partial charge in [0.05, 0.1) is 55.4 Å². The quantitative estimate of drug-likeness (QED) is 0.134. The van der Waals surface area contributed by atoms with Crippen LogP contribution in [0.25, 0.3) is 217 Å². The number of nitrogens with zero attached hydrogens (tertiary/aromatic N) is 11. The van der Waals surface area contributed by atoms with Crippen LogP contribution in [0, 0.1) is 28.5 Å². The Labute approximate surface area is 777 Å². The number of aromatic amines is 1. The van der Waals surface area contributed by atoms with Crippen molar-refractivity contribution in [2.75, 3.05) is 0 Å². The maximum atomic E-state index is 13.9. The van der Waals surface area contributed by atoms with Crippen molar-refractivity contribution in [3.63, 3.8) is 0 Å². The van der Waals surface area contributed by atoms with Gasteiger partial charge in [0.25, 0.3) is 0 Å². The summed E-state index contributed by atoms with van der Waals surface area (Å²) in [4.78, 5) is 32.8. The second-order valence-electron chi connectivity index (χ2n) is 35.6. The number of rotatable bonds is 11. The lowest BCUT2D eigenvalue weighted by atomic mass is 9.82. The van der Waals surface area contributed by atoms with Crippen LogP contribution in [0.3, 0.4) is 0 Å². The molecule has 0 amide bonds. The van der Waals surface area contributed by atoms with Gasteiger partial charge in [-0.2, -0.15) is 10.5 Å². The summed E-state index contributed by atoms with van der Waals surface area (Å²) < 4.78 is 21.0. The summed E-state index contributed by atoms with van der Waals surface area (Å²) in [6.45, 7) is 9.36. The number of para-hydroxylation sites is 4. The summed E-state index contributed by atoms with van der Waals surface area (Å²) in [6.07, 6.45) is 0. The highest BCUT2D eigenvalue weighted by Gasteiger charge is 2.38. The first-order valence-electron chi connectivity index (χ1n) is 45.4. The number of benzene rings is 18. The number of fused-ring (bicyclic) bond motifs is 20. The molecule has 135 heavy (non-hydrogen) atoms. The molecule has 0 spiro atoms. The topological polar surface area (TPSA) is 155 Å². The smallest absolute Gasteiger partial charge is 0.164 e. The molecule has 24 aromatic rings. The lowest BCUT2D eigenvalue weighted by Crippen LogP contribution is -2.15. The third kappa shape index (κ3) is 13.5. The molecular formula is C122H81FN12. The number of H-pyrrole nitrogens is 1. The second kappa shape index (κ2) is 32.3. The van der Waals surface area contributed by atoms with E-state index in [2.05, 4.69) is 323 Å². The van der Waals surface area contributed by atoms with Crippen LogP contribution in [0.4, 0.5) is 4.39 Å². The van der Waals surface area contributed by atoms with E-state index in [0.29, 0.717) is 46.1 Å². The Morgan fingerprint density at radius 1 is 0.259 bits per heavy atom. The molecule has 1 N–H and O–H groups in total. The van der Waals surface area contributed by atoms with Crippen molar-refractivity contribution in [1.29, 1.82) is 10.5 Å². The van der Waals surface area contributed by atoms with Gasteiger partial charge in [-0.1, -0.05) is 343 Å². The summed E-state index contributed by atoms with van der Waals surface area (Å²) in [5.74, 6) is 2.42. The molecule has 12 nitrogen and oxygen atoms in total. The van der Waals surface area contributed by atoms with Gasteiger partial charge in [-0.25, -0.2) is 34.3 Å². The Bertz CT molecular complexity index is 9010. The van der Waals surface area contributed by atoms with E-state index in [-0.39, 0.29) is 16.4 Å². The molecule has 0 saturated carbocycles. The molecule has 0 bridgehead atoms. The van der Waals surface area contributed by atoms with Crippen LogP contribution in [-0.4, -0.2) is 48.6 Å². The predicted molar refractivity (Wildman–Crippen MR) is 546 cm³/mol. The van der Waals surface area contributed by atoms with Crippen molar-refractivity contribution in [1.82, 2.24) is 48.6 Å². The van der Waals surface area contributed by atoms with Gasteiger partial charge >= 0.3 is 0 Å². The molecule has 6 aromatic heterocycles. The molecule has 2 aliphatic carbocycles. The molecule has 13 heteroatoms. The molecule has 0 unspecified atom stereocenters. The number of hydrogen-bond donors (Lipinski definition) is 1. The predicted octanol–water partition coefficient (Wildman–Crippen LogP) is 30.2.